The molecule has 0 aliphatic heterocycles. The fourth-order valence-corrected chi connectivity index (χ4v) is 4.23. The van der Waals surface area contributed by atoms with Crippen LogP contribution in [0.3, 0.4) is 0 Å². The van der Waals surface area contributed by atoms with E-state index in [4.69, 9.17) is 23.2 Å². The first-order valence-corrected chi connectivity index (χ1v) is 10.1. The Hall–Kier alpha value is -1.37. The Bertz CT molecular complexity index is 783. The number of nitrogens with zero attached hydrogens (tertiary/aromatic N) is 1. The first-order chi connectivity index (χ1) is 12.1. The summed E-state index contributed by atoms with van der Waals surface area (Å²) < 4.78 is 0. The number of nitrogens with one attached hydrogen (secondary N) is 1. The summed E-state index contributed by atoms with van der Waals surface area (Å²) >= 11 is 15.5. The molecule has 0 saturated carbocycles. The molecular weight excluding hydrogens is 395 g/mol. The predicted octanol–water partition coefficient (Wildman–Crippen LogP) is 5.76. The van der Waals surface area contributed by atoms with E-state index < -0.39 is 0 Å². The van der Waals surface area contributed by atoms with Crippen LogP contribution >= 0.6 is 45.9 Å². The van der Waals surface area contributed by atoms with E-state index in [1.54, 1.807) is 40.9 Å². The number of hydrogen-bond acceptors (Lipinski definition) is 4. The summed E-state index contributed by atoms with van der Waals surface area (Å²) in [6.45, 7) is 1.73. The third-order valence-corrected chi connectivity index (χ3v) is 5.78. The molecule has 130 valence electrons. The monoisotopic (exact) mass is 410 g/mol. The third-order valence-electron chi connectivity index (χ3n) is 3.49. The van der Waals surface area contributed by atoms with Gasteiger partial charge in [0, 0.05) is 27.9 Å². The van der Waals surface area contributed by atoms with Crippen LogP contribution in [-0.4, -0.2) is 17.4 Å². The summed E-state index contributed by atoms with van der Waals surface area (Å²) in [6, 6.07) is 13.2. The first-order valence-electron chi connectivity index (χ1n) is 7.62. The number of amides is 1. The second kappa shape index (κ2) is 8.83. The summed E-state index contributed by atoms with van der Waals surface area (Å²) in [6.07, 6.45) is 0. The molecule has 0 radical (unpaired) electrons. The lowest BCUT2D eigenvalue weighted by Crippen LogP contribution is -2.32. The Morgan fingerprint density at radius 2 is 1.64 bits per heavy atom. The van der Waals surface area contributed by atoms with Gasteiger partial charge in [0.1, 0.15) is 0 Å². The van der Waals surface area contributed by atoms with Crippen molar-refractivity contribution in [1.29, 1.82) is 0 Å². The van der Waals surface area contributed by atoms with Crippen molar-refractivity contribution >= 4 is 57.5 Å². The summed E-state index contributed by atoms with van der Waals surface area (Å²) in [5.74, 6) is -0.114. The highest BCUT2D eigenvalue weighted by Gasteiger charge is 2.14. The fraction of sp³-hybridized carbons (Fsp3) is 0.167. The standard InChI is InChI=1S/C18H16Cl2N2OS2/c19-13-5-6-16(20)17(9-13)21-18(23)12-22(10-14-3-1-7-24-14)11-15-4-2-8-25-15/h1-9H,10-12H2,(H,21,23). The Morgan fingerprint density at radius 3 is 2.20 bits per heavy atom. The minimum atomic E-state index is -0.114. The van der Waals surface area contributed by atoms with Gasteiger partial charge in [0.15, 0.2) is 0 Å². The van der Waals surface area contributed by atoms with Crippen LogP contribution in [-0.2, 0) is 17.9 Å². The largest absolute Gasteiger partial charge is 0.324 e. The summed E-state index contributed by atoms with van der Waals surface area (Å²) in [5.41, 5.74) is 0.534. The van der Waals surface area contributed by atoms with Crippen molar-refractivity contribution in [2.45, 2.75) is 13.1 Å². The molecule has 0 unspecified atom stereocenters. The van der Waals surface area contributed by atoms with Gasteiger partial charge in [0.2, 0.25) is 5.91 Å². The van der Waals surface area contributed by atoms with Crippen LogP contribution in [0.2, 0.25) is 10.0 Å². The molecule has 0 aliphatic carbocycles. The maximum absolute atomic E-state index is 12.5. The van der Waals surface area contributed by atoms with Crippen molar-refractivity contribution < 1.29 is 4.79 Å². The molecule has 3 nitrogen and oxygen atoms in total. The van der Waals surface area contributed by atoms with Gasteiger partial charge >= 0.3 is 0 Å². The van der Waals surface area contributed by atoms with Gasteiger partial charge in [-0.25, -0.2) is 0 Å². The number of hydrogen-bond donors (Lipinski definition) is 1. The van der Waals surface area contributed by atoms with Crippen molar-refractivity contribution in [3.63, 3.8) is 0 Å². The molecule has 0 saturated heterocycles. The summed E-state index contributed by atoms with van der Waals surface area (Å²) in [5, 5.41) is 7.95. The van der Waals surface area contributed by atoms with Gasteiger partial charge in [-0.2, -0.15) is 0 Å². The number of halogens is 2. The van der Waals surface area contributed by atoms with E-state index in [-0.39, 0.29) is 12.5 Å². The smallest absolute Gasteiger partial charge is 0.238 e. The second-order valence-corrected chi connectivity index (χ2v) is 8.38. The van der Waals surface area contributed by atoms with E-state index in [1.807, 2.05) is 22.9 Å². The van der Waals surface area contributed by atoms with Crippen molar-refractivity contribution in [2.75, 3.05) is 11.9 Å². The van der Waals surface area contributed by atoms with E-state index in [2.05, 4.69) is 22.3 Å². The molecular formula is C18H16Cl2N2OS2. The molecule has 7 heteroatoms. The van der Waals surface area contributed by atoms with Gasteiger partial charge in [-0.1, -0.05) is 35.3 Å². The lowest BCUT2D eigenvalue weighted by molar-refractivity contribution is -0.117. The highest BCUT2D eigenvalue weighted by atomic mass is 35.5. The molecule has 0 spiro atoms. The molecule has 0 bridgehead atoms. The zero-order valence-electron chi connectivity index (χ0n) is 13.2. The lowest BCUT2D eigenvalue weighted by atomic mass is 10.3. The van der Waals surface area contributed by atoms with Crippen molar-refractivity contribution in [1.82, 2.24) is 4.90 Å². The second-order valence-electron chi connectivity index (χ2n) is 5.48. The first kappa shape index (κ1) is 18.4. The molecule has 0 atom stereocenters. The summed E-state index contributed by atoms with van der Waals surface area (Å²) in [7, 11) is 0. The van der Waals surface area contributed by atoms with Crippen LogP contribution in [0, 0.1) is 0 Å². The van der Waals surface area contributed by atoms with Gasteiger partial charge in [-0.05, 0) is 41.1 Å². The van der Waals surface area contributed by atoms with Crippen LogP contribution < -0.4 is 5.32 Å². The Labute approximate surface area is 164 Å². The van der Waals surface area contributed by atoms with E-state index in [0.29, 0.717) is 15.7 Å². The fourth-order valence-electron chi connectivity index (χ4n) is 2.40. The number of thiophene rings is 2. The van der Waals surface area contributed by atoms with Crippen molar-refractivity contribution in [2.24, 2.45) is 0 Å². The molecule has 0 aliphatic rings. The molecule has 2 heterocycles. The van der Waals surface area contributed by atoms with Crippen molar-refractivity contribution in [3.8, 4) is 0 Å². The number of anilines is 1. The zero-order valence-corrected chi connectivity index (χ0v) is 16.4. The molecule has 1 amide bonds. The average molecular weight is 411 g/mol. The Morgan fingerprint density at radius 1 is 1.00 bits per heavy atom. The van der Waals surface area contributed by atoms with E-state index in [9.17, 15) is 4.79 Å². The number of carbonyl (C=O) groups excluding carboxylic acids is 1. The van der Waals surface area contributed by atoms with Gasteiger partial charge in [0.05, 0.1) is 17.3 Å². The van der Waals surface area contributed by atoms with Crippen molar-refractivity contribution in [3.05, 3.63) is 73.0 Å². The highest BCUT2D eigenvalue weighted by Crippen LogP contribution is 2.25. The van der Waals surface area contributed by atoms with Gasteiger partial charge in [-0.3, -0.25) is 9.69 Å². The van der Waals surface area contributed by atoms with Crippen LogP contribution in [0.25, 0.3) is 0 Å². The normalized spacial score (nSPS) is 11.0. The van der Waals surface area contributed by atoms with E-state index in [0.717, 1.165) is 13.1 Å². The molecule has 0 fully saturated rings. The van der Waals surface area contributed by atoms with Crippen LogP contribution in [0.4, 0.5) is 5.69 Å². The average Bonchev–Trinajstić information content (AvgIpc) is 3.25. The predicted molar refractivity (Wildman–Crippen MR) is 108 cm³/mol. The van der Waals surface area contributed by atoms with E-state index >= 15 is 0 Å². The molecule has 1 N–H and O–H groups in total. The van der Waals surface area contributed by atoms with Crippen LogP contribution in [0.1, 0.15) is 9.75 Å². The maximum Gasteiger partial charge on any atom is 0.238 e. The quantitative estimate of drug-likeness (QED) is 0.536. The topological polar surface area (TPSA) is 32.3 Å². The third kappa shape index (κ3) is 5.56. The number of carbonyl (C=O) groups is 1. The van der Waals surface area contributed by atoms with E-state index in [1.165, 1.54) is 9.75 Å². The Balaban J connectivity index is 1.67. The lowest BCUT2D eigenvalue weighted by Gasteiger charge is -2.20. The molecule has 2 aromatic heterocycles. The SMILES string of the molecule is O=C(CN(Cc1cccs1)Cc1cccs1)Nc1cc(Cl)ccc1Cl. The minimum Gasteiger partial charge on any atom is -0.324 e. The zero-order chi connectivity index (χ0) is 17.6. The van der Waals surface area contributed by atoms with Crippen LogP contribution in [0.15, 0.2) is 53.2 Å². The molecule has 25 heavy (non-hydrogen) atoms. The number of rotatable bonds is 7. The van der Waals surface area contributed by atoms with Gasteiger partial charge in [0.25, 0.3) is 0 Å². The number of benzene rings is 1. The van der Waals surface area contributed by atoms with Gasteiger partial charge < -0.3 is 5.32 Å². The Kier molecular flexibility index (Phi) is 6.51. The molecule has 3 rings (SSSR count). The minimum absolute atomic E-state index is 0.114. The summed E-state index contributed by atoms with van der Waals surface area (Å²) in [4.78, 5) is 17.1. The highest BCUT2D eigenvalue weighted by molar-refractivity contribution is 7.10. The van der Waals surface area contributed by atoms with Crippen LogP contribution in [0.5, 0.6) is 0 Å². The van der Waals surface area contributed by atoms with Gasteiger partial charge in [-0.15, -0.1) is 22.7 Å². The maximum atomic E-state index is 12.5. The molecule has 3 aromatic rings. The molecule has 1 aromatic carbocycles.